The van der Waals surface area contributed by atoms with E-state index in [0.717, 1.165) is 5.56 Å². The van der Waals surface area contributed by atoms with E-state index >= 15 is 0 Å². The van der Waals surface area contributed by atoms with E-state index in [-0.39, 0.29) is 25.0 Å². The summed E-state index contributed by atoms with van der Waals surface area (Å²) in [7, 11) is 0. The number of nitrogens with one attached hydrogen (secondary N) is 2. The minimum atomic E-state index is -0.312. The third kappa shape index (κ3) is 5.00. The minimum absolute atomic E-state index is 0.134. The van der Waals surface area contributed by atoms with Gasteiger partial charge in [0.25, 0.3) is 5.91 Å². The molecule has 0 atom stereocenters. The Morgan fingerprint density at radius 1 is 1.00 bits per heavy atom. The van der Waals surface area contributed by atoms with Crippen LogP contribution in [0, 0.1) is 0 Å². The highest BCUT2D eigenvalue weighted by atomic mass is 16.3. The maximum Gasteiger partial charge on any atom is 0.255 e. The average Bonchev–Trinajstić information content (AvgIpc) is 2.66. The number of rotatable bonds is 7. The van der Waals surface area contributed by atoms with Crippen LogP contribution in [-0.2, 0) is 24.6 Å². The molecule has 130 valence electrons. The number of anilines is 1. The van der Waals surface area contributed by atoms with Crippen LogP contribution in [0.1, 0.15) is 27.0 Å². The van der Waals surface area contributed by atoms with E-state index in [0.29, 0.717) is 28.9 Å². The molecule has 0 fully saturated rings. The van der Waals surface area contributed by atoms with Gasteiger partial charge in [-0.15, -0.1) is 0 Å². The van der Waals surface area contributed by atoms with Gasteiger partial charge in [0.1, 0.15) is 0 Å². The SMILES string of the molecule is C=CC(=O)NCc1ccc(C(=O)Nc2ccc(CO)cc2CO)cc1. The summed E-state index contributed by atoms with van der Waals surface area (Å²) in [5, 5.41) is 23.9. The molecule has 0 saturated carbocycles. The summed E-state index contributed by atoms with van der Waals surface area (Å²) in [6.07, 6.45) is 1.20. The first kappa shape index (κ1) is 18.4. The molecule has 0 bridgehead atoms. The van der Waals surface area contributed by atoms with Crippen LogP contribution < -0.4 is 10.6 Å². The Balaban J connectivity index is 2.06. The lowest BCUT2D eigenvalue weighted by Crippen LogP contribution is -2.20. The minimum Gasteiger partial charge on any atom is -0.392 e. The van der Waals surface area contributed by atoms with Gasteiger partial charge in [-0.1, -0.05) is 24.8 Å². The zero-order chi connectivity index (χ0) is 18.2. The molecule has 2 rings (SSSR count). The number of carbonyl (C=O) groups is 2. The number of hydrogen-bond donors (Lipinski definition) is 4. The van der Waals surface area contributed by atoms with Crippen molar-refractivity contribution in [1.82, 2.24) is 5.32 Å². The van der Waals surface area contributed by atoms with E-state index in [1.807, 2.05) is 0 Å². The molecule has 6 heteroatoms. The molecule has 0 aliphatic carbocycles. The molecule has 0 radical (unpaired) electrons. The van der Waals surface area contributed by atoms with Crippen LogP contribution in [0.4, 0.5) is 5.69 Å². The maximum atomic E-state index is 12.3. The van der Waals surface area contributed by atoms with Gasteiger partial charge < -0.3 is 20.8 Å². The summed E-state index contributed by atoms with van der Waals surface area (Å²) in [5.41, 5.74) is 2.99. The highest BCUT2D eigenvalue weighted by Crippen LogP contribution is 2.19. The summed E-state index contributed by atoms with van der Waals surface area (Å²) in [6, 6.07) is 11.8. The van der Waals surface area contributed by atoms with Crippen LogP contribution in [0.3, 0.4) is 0 Å². The molecular formula is C19H20N2O4. The van der Waals surface area contributed by atoms with Crippen LogP contribution in [-0.4, -0.2) is 22.0 Å². The third-order valence-electron chi connectivity index (χ3n) is 3.64. The molecule has 0 saturated heterocycles. The van der Waals surface area contributed by atoms with Crippen molar-refractivity contribution in [2.45, 2.75) is 19.8 Å². The van der Waals surface area contributed by atoms with E-state index in [2.05, 4.69) is 17.2 Å². The van der Waals surface area contributed by atoms with E-state index in [9.17, 15) is 14.7 Å². The van der Waals surface area contributed by atoms with E-state index in [1.165, 1.54) is 6.08 Å². The van der Waals surface area contributed by atoms with Crippen molar-refractivity contribution in [1.29, 1.82) is 0 Å². The zero-order valence-electron chi connectivity index (χ0n) is 13.7. The van der Waals surface area contributed by atoms with Crippen molar-refractivity contribution < 1.29 is 19.8 Å². The maximum absolute atomic E-state index is 12.3. The summed E-state index contributed by atoms with van der Waals surface area (Å²) in [6.45, 7) is 3.35. The fourth-order valence-electron chi connectivity index (χ4n) is 2.23. The molecule has 2 aromatic carbocycles. The standard InChI is InChI=1S/C19H20N2O4/c1-2-18(24)20-10-13-3-6-15(7-4-13)19(25)21-17-8-5-14(11-22)9-16(17)12-23/h2-9,22-23H,1,10-12H2,(H,20,24)(H,21,25). The lowest BCUT2D eigenvalue weighted by molar-refractivity contribution is -0.116. The predicted octanol–water partition coefficient (Wildman–Crippen LogP) is 1.73. The summed E-state index contributed by atoms with van der Waals surface area (Å²) < 4.78 is 0. The van der Waals surface area contributed by atoms with Gasteiger partial charge in [-0.25, -0.2) is 0 Å². The van der Waals surface area contributed by atoms with Gasteiger partial charge in [0.05, 0.1) is 13.2 Å². The number of amides is 2. The van der Waals surface area contributed by atoms with Gasteiger partial charge in [-0.2, -0.15) is 0 Å². The Bertz CT molecular complexity index is 769. The number of aliphatic hydroxyl groups is 2. The third-order valence-corrected chi connectivity index (χ3v) is 3.64. The summed E-state index contributed by atoms with van der Waals surface area (Å²) >= 11 is 0. The Hall–Kier alpha value is -2.96. The van der Waals surface area contributed by atoms with Crippen LogP contribution in [0.5, 0.6) is 0 Å². The average molecular weight is 340 g/mol. The fraction of sp³-hybridized carbons (Fsp3) is 0.158. The molecular weight excluding hydrogens is 320 g/mol. The van der Waals surface area contributed by atoms with Crippen LogP contribution >= 0.6 is 0 Å². The number of hydrogen-bond acceptors (Lipinski definition) is 4. The molecule has 6 nitrogen and oxygen atoms in total. The Morgan fingerprint density at radius 2 is 1.68 bits per heavy atom. The van der Waals surface area contributed by atoms with Crippen molar-refractivity contribution in [3.05, 3.63) is 77.4 Å². The smallest absolute Gasteiger partial charge is 0.255 e. The van der Waals surface area contributed by atoms with Gasteiger partial charge in [0.2, 0.25) is 5.91 Å². The molecule has 2 aromatic rings. The van der Waals surface area contributed by atoms with Crippen molar-refractivity contribution in [2.24, 2.45) is 0 Å². The molecule has 0 heterocycles. The fourth-order valence-corrected chi connectivity index (χ4v) is 2.23. The molecule has 0 aliphatic heterocycles. The lowest BCUT2D eigenvalue weighted by atomic mass is 10.1. The first-order chi connectivity index (χ1) is 12.1. The summed E-state index contributed by atoms with van der Waals surface area (Å²) in [4.78, 5) is 23.5. The highest BCUT2D eigenvalue weighted by Gasteiger charge is 2.10. The molecule has 0 aromatic heterocycles. The second kappa shape index (κ2) is 8.77. The number of benzene rings is 2. The van der Waals surface area contributed by atoms with Gasteiger partial charge >= 0.3 is 0 Å². The number of aliphatic hydroxyl groups excluding tert-OH is 2. The molecule has 25 heavy (non-hydrogen) atoms. The monoisotopic (exact) mass is 340 g/mol. The largest absolute Gasteiger partial charge is 0.392 e. The van der Waals surface area contributed by atoms with Crippen LogP contribution in [0.15, 0.2) is 55.1 Å². The lowest BCUT2D eigenvalue weighted by Gasteiger charge is -2.11. The predicted molar refractivity (Wildman–Crippen MR) is 94.7 cm³/mol. The van der Waals surface area contributed by atoms with Gasteiger partial charge in [-0.05, 0) is 41.5 Å². The highest BCUT2D eigenvalue weighted by molar-refractivity contribution is 6.04. The van der Waals surface area contributed by atoms with Crippen LogP contribution in [0.25, 0.3) is 0 Å². The van der Waals surface area contributed by atoms with Gasteiger partial charge in [0, 0.05) is 23.4 Å². The topological polar surface area (TPSA) is 98.7 Å². The van der Waals surface area contributed by atoms with Crippen molar-refractivity contribution in [3.8, 4) is 0 Å². The van der Waals surface area contributed by atoms with Gasteiger partial charge in [-0.3, -0.25) is 9.59 Å². The molecule has 0 unspecified atom stereocenters. The van der Waals surface area contributed by atoms with Crippen molar-refractivity contribution in [2.75, 3.05) is 5.32 Å². The number of carbonyl (C=O) groups excluding carboxylic acids is 2. The quantitative estimate of drug-likeness (QED) is 0.577. The van der Waals surface area contributed by atoms with E-state index < -0.39 is 0 Å². The van der Waals surface area contributed by atoms with Crippen molar-refractivity contribution in [3.63, 3.8) is 0 Å². The zero-order valence-corrected chi connectivity index (χ0v) is 13.7. The van der Waals surface area contributed by atoms with Gasteiger partial charge in [0.15, 0.2) is 0 Å². The second-order valence-corrected chi connectivity index (χ2v) is 5.38. The molecule has 0 aliphatic rings. The van der Waals surface area contributed by atoms with Crippen molar-refractivity contribution >= 4 is 17.5 Å². The van der Waals surface area contributed by atoms with E-state index in [4.69, 9.17) is 5.11 Å². The van der Waals surface area contributed by atoms with E-state index in [1.54, 1.807) is 42.5 Å². The normalized spacial score (nSPS) is 10.2. The second-order valence-electron chi connectivity index (χ2n) is 5.38. The molecule has 2 amide bonds. The first-order valence-electron chi connectivity index (χ1n) is 7.71. The Morgan fingerprint density at radius 3 is 2.28 bits per heavy atom. The summed E-state index contributed by atoms with van der Waals surface area (Å²) in [5.74, 6) is -0.571. The molecule has 0 spiro atoms. The Labute approximate surface area is 145 Å². The van der Waals surface area contributed by atoms with Crippen LogP contribution in [0.2, 0.25) is 0 Å². The molecule has 4 N–H and O–H groups in total. The Kier molecular flexibility index (Phi) is 6.45. The first-order valence-corrected chi connectivity index (χ1v) is 7.71.